The minimum absolute atomic E-state index is 0.487. The van der Waals surface area contributed by atoms with E-state index >= 15 is 0 Å². The number of hydrogen-bond donors (Lipinski definition) is 0. The summed E-state index contributed by atoms with van der Waals surface area (Å²) in [5.41, 5.74) is 6.98. The number of aromatic nitrogens is 3. The molecule has 0 atom stereocenters. The zero-order chi connectivity index (χ0) is 32.6. The predicted molar refractivity (Wildman–Crippen MR) is 186 cm³/mol. The molecule has 1 aliphatic rings. The summed E-state index contributed by atoms with van der Waals surface area (Å²) in [5, 5.41) is 1.48. The van der Waals surface area contributed by atoms with Crippen LogP contribution in [0, 0.1) is 6.57 Å². The van der Waals surface area contributed by atoms with Gasteiger partial charge in [-0.1, -0.05) is 78.9 Å². The molecule has 0 radical (unpaired) electrons. The zero-order valence-corrected chi connectivity index (χ0v) is 26.7. The molecule has 1 aliphatic heterocycles. The fraction of sp³-hybridized carbons (Fsp3) is 0.150. The molecule has 6 aromatic rings. The molecule has 0 saturated carbocycles. The Labute approximate surface area is 274 Å². The van der Waals surface area contributed by atoms with Gasteiger partial charge in [0.05, 0.1) is 12.3 Å². The molecule has 7 heteroatoms. The summed E-state index contributed by atoms with van der Waals surface area (Å²) < 4.78 is 0. The van der Waals surface area contributed by atoms with E-state index in [1.807, 2.05) is 100 Å². The van der Waals surface area contributed by atoms with Gasteiger partial charge in [-0.05, 0) is 98.5 Å². The zero-order valence-electron chi connectivity index (χ0n) is 26.7. The molecule has 0 bridgehead atoms. The van der Waals surface area contributed by atoms with E-state index in [4.69, 9.17) is 31.2 Å². The van der Waals surface area contributed by atoms with Gasteiger partial charge in [0.25, 0.3) is 0 Å². The van der Waals surface area contributed by atoms with Gasteiger partial charge >= 0.3 is 0 Å². The molecule has 7 rings (SSSR count). The average molecular weight is 616 g/mol. The topological polar surface area (TPSA) is 64.7 Å². The quantitative estimate of drug-likeness (QED) is 0.174. The largest absolute Gasteiger partial charge is 0.239 e. The minimum Gasteiger partial charge on any atom is -0.239 e. The van der Waals surface area contributed by atoms with Crippen LogP contribution in [-0.4, -0.2) is 26.2 Å². The Morgan fingerprint density at radius 2 is 0.957 bits per heavy atom. The molecule has 5 aromatic carbocycles. The van der Waals surface area contributed by atoms with Gasteiger partial charge in [0.15, 0.2) is 23.2 Å². The van der Waals surface area contributed by atoms with Crippen LogP contribution in [0.4, 0.5) is 11.4 Å². The van der Waals surface area contributed by atoms with Crippen LogP contribution in [0.3, 0.4) is 0 Å². The molecule has 0 spiro atoms. The molecule has 0 amide bonds. The Hall–Kier alpha value is -5.68. The van der Waals surface area contributed by atoms with Crippen LogP contribution >= 0.6 is 0 Å². The van der Waals surface area contributed by atoms with Crippen molar-refractivity contribution in [2.75, 3.05) is 5.23 Å². The SMILES string of the molecule is [C-]#[N+]c1cccc(-c2nc(-c3ccc(N4OC(C)(C)C(C)(C)O4)cc3)nc(-c3cc(-c4ccccc4)cc(-c4ccccc4)c3)n2)c1. The summed E-state index contributed by atoms with van der Waals surface area (Å²) in [6.07, 6.45) is 0. The average Bonchev–Trinajstić information content (AvgIpc) is 3.34. The second-order valence-corrected chi connectivity index (χ2v) is 12.5. The first kappa shape index (κ1) is 30.0. The standard InChI is InChI=1S/C40H33N5O2/c1-39(2)40(3,4)47-45(46-39)35-21-19-29(20-22-35)36-42-37(30-17-12-18-34(26-30)41-5)44-38(43-36)33-24-31(27-13-8-6-9-14-27)23-32(25-33)28-15-10-7-11-16-28/h6-26H,1-4H3. The minimum atomic E-state index is -0.504. The lowest BCUT2D eigenvalue weighted by atomic mass is 9.90. The van der Waals surface area contributed by atoms with E-state index in [-0.39, 0.29) is 0 Å². The second kappa shape index (κ2) is 11.9. The maximum Gasteiger partial charge on any atom is 0.187 e. The van der Waals surface area contributed by atoms with Crippen molar-refractivity contribution in [2.45, 2.75) is 38.9 Å². The molecule has 0 N–H and O–H groups in total. The maximum atomic E-state index is 7.55. The lowest BCUT2D eigenvalue weighted by Gasteiger charge is -2.26. The van der Waals surface area contributed by atoms with E-state index in [9.17, 15) is 0 Å². The Bertz CT molecular complexity index is 2030. The molecule has 7 nitrogen and oxygen atoms in total. The Morgan fingerprint density at radius 3 is 1.49 bits per heavy atom. The summed E-state index contributed by atoms with van der Waals surface area (Å²) in [6, 6.07) is 42.2. The van der Waals surface area contributed by atoms with E-state index < -0.39 is 11.2 Å². The molecule has 1 fully saturated rings. The highest BCUT2D eigenvalue weighted by Gasteiger charge is 2.50. The summed E-state index contributed by atoms with van der Waals surface area (Å²) >= 11 is 0. The van der Waals surface area contributed by atoms with Crippen molar-refractivity contribution in [3.05, 3.63) is 139 Å². The van der Waals surface area contributed by atoms with Gasteiger partial charge in [0.1, 0.15) is 11.2 Å². The van der Waals surface area contributed by atoms with Crippen molar-refractivity contribution in [2.24, 2.45) is 0 Å². The third-order valence-corrected chi connectivity index (χ3v) is 8.68. The van der Waals surface area contributed by atoms with Crippen LogP contribution in [0.1, 0.15) is 27.7 Å². The lowest BCUT2D eigenvalue weighted by Crippen LogP contribution is -2.41. The summed E-state index contributed by atoms with van der Waals surface area (Å²) in [4.78, 5) is 30.8. The van der Waals surface area contributed by atoms with E-state index in [1.165, 1.54) is 5.23 Å². The number of benzene rings is 5. The Balaban J connectivity index is 1.36. The van der Waals surface area contributed by atoms with Crippen molar-refractivity contribution >= 4 is 11.4 Å². The summed E-state index contributed by atoms with van der Waals surface area (Å²) in [7, 11) is 0. The number of hydrogen-bond acceptors (Lipinski definition) is 6. The van der Waals surface area contributed by atoms with Crippen molar-refractivity contribution in [3.8, 4) is 56.4 Å². The molecule has 1 aromatic heterocycles. The fourth-order valence-electron chi connectivity index (χ4n) is 5.32. The van der Waals surface area contributed by atoms with Crippen LogP contribution < -0.4 is 5.23 Å². The van der Waals surface area contributed by atoms with Crippen molar-refractivity contribution < 1.29 is 9.68 Å². The number of nitrogens with zero attached hydrogens (tertiary/aromatic N) is 5. The molecule has 0 aliphatic carbocycles. The van der Waals surface area contributed by atoms with Gasteiger partial charge in [-0.3, -0.25) is 0 Å². The smallest absolute Gasteiger partial charge is 0.187 e. The highest BCUT2D eigenvalue weighted by molar-refractivity contribution is 5.80. The first-order valence-electron chi connectivity index (χ1n) is 15.5. The number of rotatable bonds is 6. The molecule has 47 heavy (non-hydrogen) atoms. The lowest BCUT2D eigenvalue weighted by molar-refractivity contribution is -0.0273. The Kier molecular flexibility index (Phi) is 7.61. The monoisotopic (exact) mass is 615 g/mol. The Morgan fingerprint density at radius 1 is 0.489 bits per heavy atom. The van der Waals surface area contributed by atoms with Crippen molar-refractivity contribution in [3.63, 3.8) is 0 Å². The van der Waals surface area contributed by atoms with E-state index in [0.717, 1.165) is 44.6 Å². The molecular weight excluding hydrogens is 582 g/mol. The van der Waals surface area contributed by atoms with Gasteiger partial charge < -0.3 is 0 Å². The highest BCUT2D eigenvalue weighted by atomic mass is 17.0. The first-order chi connectivity index (χ1) is 22.7. The molecular formula is C40H33N5O2. The summed E-state index contributed by atoms with van der Waals surface area (Å²) in [6.45, 7) is 15.6. The highest BCUT2D eigenvalue weighted by Crippen LogP contribution is 2.40. The predicted octanol–water partition coefficient (Wildman–Crippen LogP) is 10.00. The first-order valence-corrected chi connectivity index (χ1v) is 15.5. The van der Waals surface area contributed by atoms with Gasteiger partial charge in [0.2, 0.25) is 0 Å². The molecule has 230 valence electrons. The second-order valence-electron chi connectivity index (χ2n) is 12.5. The van der Waals surface area contributed by atoms with Crippen LogP contribution in [0.5, 0.6) is 0 Å². The molecule has 1 saturated heterocycles. The maximum absolute atomic E-state index is 7.55. The van der Waals surface area contributed by atoms with Crippen LogP contribution in [0.2, 0.25) is 0 Å². The van der Waals surface area contributed by atoms with E-state index in [2.05, 4.69) is 47.3 Å². The van der Waals surface area contributed by atoms with Crippen LogP contribution in [-0.2, 0) is 9.68 Å². The van der Waals surface area contributed by atoms with Crippen LogP contribution in [0.25, 0.3) is 61.3 Å². The van der Waals surface area contributed by atoms with Crippen LogP contribution in [0.15, 0.2) is 127 Å². The molecule has 0 unspecified atom stereocenters. The van der Waals surface area contributed by atoms with Gasteiger partial charge in [-0.15, -0.1) is 5.23 Å². The summed E-state index contributed by atoms with van der Waals surface area (Å²) in [5.74, 6) is 1.53. The van der Waals surface area contributed by atoms with E-state index in [0.29, 0.717) is 23.2 Å². The fourth-order valence-corrected chi connectivity index (χ4v) is 5.32. The normalized spacial score (nSPS) is 14.9. The van der Waals surface area contributed by atoms with Crippen molar-refractivity contribution in [1.82, 2.24) is 15.0 Å². The third-order valence-electron chi connectivity index (χ3n) is 8.68. The van der Waals surface area contributed by atoms with Crippen molar-refractivity contribution in [1.29, 1.82) is 0 Å². The molecule has 2 heterocycles. The van der Waals surface area contributed by atoms with Gasteiger partial charge in [0, 0.05) is 16.7 Å². The number of anilines is 1. The van der Waals surface area contributed by atoms with Gasteiger partial charge in [-0.25, -0.2) is 29.5 Å². The van der Waals surface area contributed by atoms with Gasteiger partial charge in [-0.2, -0.15) is 0 Å². The third kappa shape index (κ3) is 6.00. The van der Waals surface area contributed by atoms with E-state index in [1.54, 1.807) is 12.1 Å².